The highest BCUT2D eigenvalue weighted by molar-refractivity contribution is 6.07. The molecule has 0 unspecified atom stereocenters. The van der Waals surface area contributed by atoms with Gasteiger partial charge in [0.25, 0.3) is 0 Å². The first-order chi connectivity index (χ1) is 7.79. The van der Waals surface area contributed by atoms with Crippen LogP contribution < -0.4 is 5.43 Å². The van der Waals surface area contributed by atoms with Gasteiger partial charge in [0.1, 0.15) is 6.67 Å². The number of fused-ring (bicyclic) bond motifs is 3. The number of H-pyrrole nitrogens is 2. The number of rotatable bonds is 1. The maximum Gasteiger partial charge on any atom is 0.180 e. The Hall–Kier alpha value is -2.10. The van der Waals surface area contributed by atoms with Crippen molar-refractivity contribution in [2.75, 3.05) is 0 Å². The average molecular weight is 216 g/mol. The maximum absolute atomic E-state index is 12.8. The minimum atomic E-state index is -0.561. The van der Waals surface area contributed by atoms with Crippen molar-refractivity contribution in [1.29, 1.82) is 0 Å². The molecule has 4 heteroatoms. The fourth-order valence-corrected chi connectivity index (χ4v) is 2.01. The lowest BCUT2D eigenvalue weighted by Gasteiger charge is -1.97. The van der Waals surface area contributed by atoms with Gasteiger partial charge >= 0.3 is 0 Å². The number of hydrogen-bond donors (Lipinski definition) is 2. The molecular formula is C12H9FN2O. The van der Waals surface area contributed by atoms with E-state index in [2.05, 4.69) is 9.97 Å². The van der Waals surface area contributed by atoms with Gasteiger partial charge in [-0.15, -0.1) is 0 Å². The summed E-state index contributed by atoms with van der Waals surface area (Å²) in [6, 6.07) is 6.68. The number of benzene rings is 1. The first-order valence-electron chi connectivity index (χ1n) is 4.97. The van der Waals surface area contributed by atoms with Crippen LogP contribution in [0.2, 0.25) is 0 Å². The van der Waals surface area contributed by atoms with E-state index in [4.69, 9.17) is 0 Å². The number of halogens is 1. The number of hydrogen-bond acceptors (Lipinski definition) is 1. The van der Waals surface area contributed by atoms with Gasteiger partial charge in [-0.25, -0.2) is 4.39 Å². The van der Waals surface area contributed by atoms with Crippen molar-refractivity contribution in [2.45, 2.75) is 6.67 Å². The van der Waals surface area contributed by atoms with Crippen molar-refractivity contribution in [3.63, 3.8) is 0 Å². The van der Waals surface area contributed by atoms with Crippen LogP contribution in [0, 0.1) is 0 Å². The summed E-state index contributed by atoms with van der Waals surface area (Å²) in [5.74, 6) is 0. The zero-order valence-electron chi connectivity index (χ0n) is 8.38. The molecule has 1 aromatic carbocycles. The van der Waals surface area contributed by atoms with Crippen LogP contribution in [0.4, 0.5) is 4.39 Å². The fraction of sp³-hybridized carbons (Fsp3) is 0.0833. The monoisotopic (exact) mass is 216 g/mol. The number of alkyl halides is 1. The van der Waals surface area contributed by atoms with E-state index in [1.165, 1.54) is 12.1 Å². The lowest BCUT2D eigenvalue weighted by atomic mass is 10.2. The molecule has 0 aliphatic carbocycles. The van der Waals surface area contributed by atoms with Gasteiger partial charge in [0.15, 0.2) is 5.43 Å². The van der Waals surface area contributed by atoms with Gasteiger partial charge in [0, 0.05) is 23.0 Å². The Morgan fingerprint density at radius 1 is 1.19 bits per heavy atom. The Kier molecular flexibility index (Phi) is 1.83. The molecule has 0 radical (unpaired) electrons. The topological polar surface area (TPSA) is 48.6 Å². The first kappa shape index (κ1) is 9.15. The molecule has 3 aromatic rings. The van der Waals surface area contributed by atoms with Gasteiger partial charge in [0.05, 0.1) is 16.7 Å². The fourth-order valence-electron chi connectivity index (χ4n) is 2.01. The number of aromatic nitrogens is 2. The Bertz CT molecular complexity index is 727. The first-order valence-corrected chi connectivity index (χ1v) is 4.97. The molecule has 2 N–H and O–H groups in total. The molecule has 0 fully saturated rings. The summed E-state index contributed by atoms with van der Waals surface area (Å²) in [6.07, 6.45) is 1.70. The summed E-state index contributed by atoms with van der Waals surface area (Å²) in [6.45, 7) is -0.561. The predicted molar refractivity (Wildman–Crippen MR) is 61.2 cm³/mol. The molecule has 2 heterocycles. The quantitative estimate of drug-likeness (QED) is 0.645. The smallest absolute Gasteiger partial charge is 0.180 e. The molecule has 3 nitrogen and oxygen atoms in total. The molecule has 16 heavy (non-hydrogen) atoms. The Morgan fingerprint density at radius 2 is 2.06 bits per heavy atom. The van der Waals surface area contributed by atoms with Crippen LogP contribution in [0.15, 0.2) is 35.3 Å². The summed E-state index contributed by atoms with van der Waals surface area (Å²) in [4.78, 5) is 17.1. The Balaban J connectivity index is 2.54. The number of aromatic amines is 2. The summed E-state index contributed by atoms with van der Waals surface area (Å²) in [5, 5.41) is 1.87. The van der Waals surface area contributed by atoms with Crippen LogP contribution in [-0.4, -0.2) is 9.97 Å². The van der Waals surface area contributed by atoms with Gasteiger partial charge in [-0.2, -0.15) is 0 Å². The van der Waals surface area contributed by atoms with Crippen molar-refractivity contribution in [2.24, 2.45) is 0 Å². The second-order valence-corrected chi connectivity index (χ2v) is 3.71. The summed E-state index contributed by atoms with van der Waals surface area (Å²) >= 11 is 0. The summed E-state index contributed by atoms with van der Waals surface area (Å²) < 4.78 is 12.8. The highest BCUT2D eigenvalue weighted by atomic mass is 19.1. The molecule has 0 aliphatic heterocycles. The van der Waals surface area contributed by atoms with Gasteiger partial charge in [-0.1, -0.05) is 0 Å². The van der Waals surface area contributed by atoms with Crippen LogP contribution in [-0.2, 0) is 6.67 Å². The van der Waals surface area contributed by atoms with Crippen molar-refractivity contribution in [3.05, 3.63) is 46.4 Å². The van der Waals surface area contributed by atoms with Gasteiger partial charge in [-0.3, -0.25) is 4.79 Å². The van der Waals surface area contributed by atoms with E-state index >= 15 is 0 Å². The van der Waals surface area contributed by atoms with E-state index in [-0.39, 0.29) is 5.43 Å². The third-order valence-corrected chi connectivity index (χ3v) is 2.75. The zero-order chi connectivity index (χ0) is 11.1. The highest BCUT2D eigenvalue weighted by Gasteiger charge is 2.07. The van der Waals surface area contributed by atoms with E-state index in [0.29, 0.717) is 5.69 Å². The van der Waals surface area contributed by atoms with Crippen LogP contribution in [0.1, 0.15) is 5.69 Å². The summed E-state index contributed by atoms with van der Waals surface area (Å²) in [7, 11) is 0. The lowest BCUT2D eigenvalue weighted by molar-refractivity contribution is 0.478. The van der Waals surface area contributed by atoms with Crippen LogP contribution in [0.3, 0.4) is 0 Å². The standard InChI is InChI=1S/C12H9FN2O/c13-6-11-12-9(3-4-14-11)8-2-1-7(16)5-10(8)15-12/h1-5,14-15H,6H2. The highest BCUT2D eigenvalue weighted by Crippen LogP contribution is 2.25. The van der Waals surface area contributed by atoms with Gasteiger partial charge in [0.2, 0.25) is 0 Å². The zero-order valence-corrected chi connectivity index (χ0v) is 8.38. The molecule has 0 atom stereocenters. The molecule has 0 saturated heterocycles. The molecule has 80 valence electrons. The SMILES string of the molecule is O=c1ccc2c(c1)[nH]c1c(CF)[nH]ccc12. The molecule has 2 aromatic heterocycles. The minimum Gasteiger partial charge on any atom is -0.361 e. The minimum absolute atomic E-state index is 0.0511. The molecule has 0 spiro atoms. The predicted octanol–water partition coefficient (Wildman–Crippen LogP) is 2.48. The van der Waals surface area contributed by atoms with Gasteiger partial charge < -0.3 is 9.97 Å². The second-order valence-electron chi connectivity index (χ2n) is 3.71. The normalized spacial score (nSPS) is 11.3. The van der Waals surface area contributed by atoms with Crippen LogP contribution >= 0.6 is 0 Å². The number of pyridine rings is 1. The largest absolute Gasteiger partial charge is 0.361 e. The molecule has 0 amide bonds. The van der Waals surface area contributed by atoms with Crippen molar-refractivity contribution >= 4 is 21.8 Å². The Morgan fingerprint density at radius 3 is 2.88 bits per heavy atom. The van der Waals surface area contributed by atoms with Gasteiger partial charge in [-0.05, 0) is 18.2 Å². The molecule has 0 saturated carbocycles. The second kappa shape index (κ2) is 3.20. The third kappa shape index (κ3) is 1.16. The maximum atomic E-state index is 12.8. The van der Waals surface area contributed by atoms with Crippen LogP contribution in [0.25, 0.3) is 21.8 Å². The molecular weight excluding hydrogens is 207 g/mol. The number of nitrogens with one attached hydrogen (secondary N) is 2. The van der Waals surface area contributed by atoms with Crippen molar-refractivity contribution in [1.82, 2.24) is 9.97 Å². The lowest BCUT2D eigenvalue weighted by Crippen LogP contribution is -1.93. The molecule has 3 rings (SSSR count). The van der Waals surface area contributed by atoms with Crippen molar-refractivity contribution < 1.29 is 4.39 Å². The van der Waals surface area contributed by atoms with E-state index in [1.54, 1.807) is 12.3 Å². The van der Waals surface area contributed by atoms with Crippen LogP contribution in [0.5, 0.6) is 0 Å². The third-order valence-electron chi connectivity index (χ3n) is 2.75. The molecule has 0 bridgehead atoms. The van der Waals surface area contributed by atoms with Crippen molar-refractivity contribution in [3.8, 4) is 0 Å². The average Bonchev–Trinajstić information content (AvgIpc) is 2.65. The summed E-state index contributed by atoms with van der Waals surface area (Å²) in [5.41, 5.74) is 1.92. The molecule has 0 aliphatic rings. The van der Waals surface area contributed by atoms with E-state index in [0.717, 1.165) is 21.8 Å². The van der Waals surface area contributed by atoms with E-state index < -0.39 is 6.67 Å². The Labute approximate surface area is 89.9 Å². The van der Waals surface area contributed by atoms with E-state index in [1.807, 2.05) is 6.07 Å². The van der Waals surface area contributed by atoms with E-state index in [9.17, 15) is 9.18 Å².